The number of guanidine groups is 1. The fraction of sp³-hybridized carbons (Fsp3) is 0.278. The van der Waals surface area contributed by atoms with Gasteiger partial charge in [-0.05, 0) is 42.5 Å². The van der Waals surface area contributed by atoms with Gasteiger partial charge in [0.25, 0.3) is 0 Å². The van der Waals surface area contributed by atoms with Crippen LogP contribution in [0.3, 0.4) is 0 Å². The smallest absolute Gasteiger partial charge is 0.199 e. The number of rotatable bonds is 4. The maximum absolute atomic E-state index is 13.2. The van der Waals surface area contributed by atoms with Gasteiger partial charge in [0.2, 0.25) is 0 Å². The van der Waals surface area contributed by atoms with E-state index in [0.29, 0.717) is 0 Å². The van der Waals surface area contributed by atoms with Crippen LogP contribution in [0, 0.1) is 5.41 Å². The molecule has 0 fully saturated rings. The summed E-state index contributed by atoms with van der Waals surface area (Å²) in [5.41, 5.74) is 7.71. The molecule has 6 heteroatoms. The fourth-order valence-electron chi connectivity index (χ4n) is 3.41. The monoisotopic (exact) mass is 343 g/mol. The van der Waals surface area contributed by atoms with Crippen molar-refractivity contribution < 1.29 is 8.42 Å². The number of aryl methyl sites for hydroxylation is 1. The van der Waals surface area contributed by atoms with Crippen molar-refractivity contribution in [3.63, 3.8) is 0 Å². The van der Waals surface area contributed by atoms with Gasteiger partial charge in [0.05, 0.1) is 4.90 Å². The third kappa shape index (κ3) is 3.14. The lowest BCUT2D eigenvalue weighted by molar-refractivity contribution is 0.485. The van der Waals surface area contributed by atoms with E-state index in [9.17, 15) is 8.42 Å². The van der Waals surface area contributed by atoms with Crippen molar-refractivity contribution in [2.45, 2.75) is 35.4 Å². The third-order valence-corrected chi connectivity index (χ3v) is 6.53. The summed E-state index contributed by atoms with van der Waals surface area (Å²) in [6.45, 7) is 0. The van der Waals surface area contributed by atoms with Gasteiger partial charge in [-0.25, -0.2) is 8.42 Å². The summed E-state index contributed by atoms with van der Waals surface area (Å²) in [7, 11) is -3.67. The molecule has 5 nitrogen and oxygen atoms in total. The summed E-state index contributed by atoms with van der Waals surface area (Å²) in [5.74, 6) is -0.563. The predicted octanol–water partition coefficient (Wildman–Crippen LogP) is 2.39. The molecule has 2 unspecified atom stereocenters. The van der Waals surface area contributed by atoms with Crippen molar-refractivity contribution in [3.05, 3.63) is 65.7 Å². The fourth-order valence-corrected chi connectivity index (χ4v) is 5.24. The Balaban J connectivity index is 2.07. The molecule has 3 rings (SSSR count). The van der Waals surface area contributed by atoms with E-state index in [1.54, 1.807) is 30.3 Å². The average molecular weight is 343 g/mol. The zero-order chi connectivity index (χ0) is 17.2. The van der Waals surface area contributed by atoms with E-state index in [4.69, 9.17) is 11.1 Å². The average Bonchev–Trinajstić information content (AvgIpc) is 2.60. The van der Waals surface area contributed by atoms with Gasteiger partial charge in [0.15, 0.2) is 15.8 Å². The van der Waals surface area contributed by atoms with Gasteiger partial charge >= 0.3 is 0 Å². The number of sulfone groups is 1. The number of nitrogens with two attached hydrogens (primary N) is 1. The number of hydrogen-bond donors (Lipinski definition) is 3. The molecular weight excluding hydrogens is 322 g/mol. The first kappa shape index (κ1) is 16.5. The van der Waals surface area contributed by atoms with Crippen LogP contribution in [0.25, 0.3) is 0 Å². The van der Waals surface area contributed by atoms with Crippen LogP contribution in [-0.2, 0) is 16.3 Å². The number of nitrogens with one attached hydrogen (secondary N) is 2. The van der Waals surface area contributed by atoms with Gasteiger partial charge in [-0.1, -0.05) is 42.5 Å². The van der Waals surface area contributed by atoms with Crippen LogP contribution in [0.2, 0.25) is 0 Å². The summed E-state index contributed by atoms with van der Waals surface area (Å²) in [5, 5.41) is 9.33. The molecule has 1 aliphatic carbocycles. The molecule has 1 aliphatic rings. The van der Waals surface area contributed by atoms with Gasteiger partial charge < -0.3 is 11.1 Å². The zero-order valence-corrected chi connectivity index (χ0v) is 14.1. The topological polar surface area (TPSA) is 96.0 Å². The van der Waals surface area contributed by atoms with Gasteiger partial charge in [0, 0.05) is 5.92 Å². The van der Waals surface area contributed by atoms with Gasteiger partial charge in [-0.2, -0.15) is 0 Å². The predicted molar refractivity (Wildman–Crippen MR) is 94.6 cm³/mol. The molecule has 0 bridgehead atoms. The Labute approximate surface area is 142 Å². The van der Waals surface area contributed by atoms with Gasteiger partial charge in [-0.3, -0.25) is 5.41 Å². The number of hydrogen-bond acceptors (Lipinski definition) is 3. The van der Waals surface area contributed by atoms with E-state index in [-0.39, 0.29) is 16.8 Å². The SMILES string of the molecule is N=C(N)NC(C1CCCc2ccccc21)S(=O)(=O)c1ccccc1. The number of benzene rings is 2. The summed E-state index contributed by atoms with van der Waals surface area (Å²) in [4.78, 5) is 0.242. The van der Waals surface area contributed by atoms with Crippen molar-refractivity contribution >= 4 is 15.8 Å². The van der Waals surface area contributed by atoms with Crippen LogP contribution in [0.5, 0.6) is 0 Å². The lowest BCUT2D eigenvalue weighted by Gasteiger charge is -2.32. The second kappa shape index (κ2) is 6.65. The Morgan fingerprint density at radius 1 is 1.12 bits per heavy atom. The van der Waals surface area contributed by atoms with Crippen molar-refractivity contribution in [1.29, 1.82) is 5.41 Å². The van der Waals surface area contributed by atoms with Crippen LogP contribution >= 0.6 is 0 Å². The molecule has 0 saturated carbocycles. The molecule has 4 N–H and O–H groups in total. The molecule has 24 heavy (non-hydrogen) atoms. The van der Waals surface area contributed by atoms with Crippen LogP contribution in [0.15, 0.2) is 59.5 Å². The first-order chi connectivity index (χ1) is 11.5. The molecule has 0 spiro atoms. The van der Waals surface area contributed by atoms with Crippen molar-refractivity contribution in [3.8, 4) is 0 Å². The highest BCUT2D eigenvalue weighted by Gasteiger charge is 2.37. The molecule has 0 saturated heterocycles. The van der Waals surface area contributed by atoms with E-state index >= 15 is 0 Å². The Bertz CT molecular complexity index is 834. The van der Waals surface area contributed by atoms with Crippen molar-refractivity contribution in [2.75, 3.05) is 0 Å². The molecule has 0 radical (unpaired) electrons. The molecule has 2 aromatic carbocycles. The molecular formula is C18H21N3O2S. The Morgan fingerprint density at radius 2 is 1.79 bits per heavy atom. The Hall–Kier alpha value is -2.34. The maximum atomic E-state index is 13.2. The highest BCUT2D eigenvalue weighted by atomic mass is 32.2. The second-order valence-corrected chi connectivity index (χ2v) is 8.10. The molecule has 0 heterocycles. The van der Waals surface area contributed by atoms with E-state index < -0.39 is 15.2 Å². The minimum Gasteiger partial charge on any atom is -0.370 e. The summed E-state index contributed by atoms with van der Waals surface area (Å²) >= 11 is 0. The van der Waals surface area contributed by atoms with Crippen molar-refractivity contribution in [2.24, 2.45) is 5.73 Å². The summed E-state index contributed by atoms with van der Waals surface area (Å²) in [6.07, 6.45) is 2.61. The molecule has 0 amide bonds. The minimum absolute atomic E-state index is 0.232. The second-order valence-electron chi connectivity index (χ2n) is 6.03. The lowest BCUT2D eigenvalue weighted by Crippen LogP contribution is -2.48. The van der Waals surface area contributed by atoms with E-state index in [2.05, 4.69) is 5.32 Å². The number of fused-ring (bicyclic) bond motifs is 1. The Morgan fingerprint density at radius 3 is 2.50 bits per heavy atom. The Kier molecular flexibility index (Phi) is 4.57. The highest BCUT2D eigenvalue weighted by molar-refractivity contribution is 7.92. The lowest BCUT2D eigenvalue weighted by atomic mass is 9.82. The van der Waals surface area contributed by atoms with Crippen LogP contribution in [-0.4, -0.2) is 19.8 Å². The van der Waals surface area contributed by atoms with Crippen molar-refractivity contribution in [1.82, 2.24) is 5.32 Å². The third-order valence-electron chi connectivity index (χ3n) is 4.49. The normalized spacial score (nSPS) is 18.4. The van der Waals surface area contributed by atoms with E-state index in [1.807, 2.05) is 24.3 Å². The maximum Gasteiger partial charge on any atom is 0.199 e. The highest BCUT2D eigenvalue weighted by Crippen LogP contribution is 2.37. The van der Waals surface area contributed by atoms with E-state index in [1.165, 1.54) is 5.56 Å². The molecule has 2 aromatic rings. The molecule has 0 aliphatic heterocycles. The summed E-state index contributed by atoms with van der Waals surface area (Å²) in [6, 6.07) is 16.3. The summed E-state index contributed by atoms with van der Waals surface area (Å²) < 4.78 is 26.3. The quantitative estimate of drug-likeness (QED) is 0.587. The first-order valence-electron chi connectivity index (χ1n) is 7.97. The van der Waals surface area contributed by atoms with Crippen LogP contribution < -0.4 is 11.1 Å². The van der Waals surface area contributed by atoms with Crippen LogP contribution in [0.4, 0.5) is 0 Å². The molecule has 126 valence electrons. The van der Waals surface area contributed by atoms with Crippen LogP contribution in [0.1, 0.15) is 29.9 Å². The van der Waals surface area contributed by atoms with Gasteiger partial charge in [0.1, 0.15) is 5.37 Å². The minimum atomic E-state index is -3.67. The largest absolute Gasteiger partial charge is 0.370 e. The molecule has 2 atom stereocenters. The van der Waals surface area contributed by atoms with Gasteiger partial charge in [-0.15, -0.1) is 0 Å². The first-order valence-corrected chi connectivity index (χ1v) is 9.52. The van der Waals surface area contributed by atoms with E-state index in [0.717, 1.165) is 24.8 Å². The molecule has 0 aromatic heterocycles. The zero-order valence-electron chi connectivity index (χ0n) is 13.3. The standard InChI is InChI=1S/C18H21N3O2S/c19-18(20)21-17(24(22,23)14-9-2-1-3-10-14)16-12-6-8-13-7-4-5-11-15(13)16/h1-5,7,9-11,16-17H,6,8,12H2,(H4,19,20,21).